The number of hydrogen-bond donors (Lipinski definition) is 3. The monoisotopic (exact) mass is 239 g/mol. The van der Waals surface area contributed by atoms with Crippen LogP contribution in [-0.4, -0.2) is 23.6 Å². The molecule has 0 unspecified atom stereocenters. The van der Waals surface area contributed by atoms with E-state index < -0.39 is 10.0 Å². The van der Waals surface area contributed by atoms with E-state index in [-0.39, 0.29) is 16.4 Å². The summed E-state index contributed by atoms with van der Waals surface area (Å²) in [5.41, 5.74) is 5.83. The van der Waals surface area contributed by atoms with Crippen LogP contribution in [-0.2, 0) is 10.0 Å². The molecule has 0 spiro atoms. The minimum atomic E-state index is -3.68. The summed E-state index contributed by atoms with van der Waals surface area (Å²) >= 11 is 0. The molecule has 2 rings (SSSR count). The number of aromatic nitrogens is 3. The molecule has 2 aromatic heterocycles. The molecule has 7 nitrogen and oxygen atoms in total. The predicted octanol–water partition coefficient (Wildman–Crippen LogP) is 0.188. The maximum absolute atomic E-state index is 11.7. The molecule has 0 aliphatic rings. The molecule has 0 aliphatic carbocycles. The first-order valence-electron chi connectivity index (χ1n) is 4.32. The number of aromatic amines is 1. The lowest BCUT2D eigenvalue weighted by atomic mass is 10.4. The lowest BCUT2D eigenvalue weighted by Crippen LogP contribution is -2.14. The van der Waals surface area contributed by atoms with Crippen LogP contribution in [0.15, 0.2) is 35.6 Å². The van der Waals surface area contributed by atoms with Crippen LogP contribution in [0.5, 0.6) is 0 Å². The first-order chi connectivity index (χ1) is 7.59. The molecule has 0 aliphatic heterocycles. The Hall–Kier alpha value is -2.09. The quantitative estimate of drug-likeness (QED) is 0.707. The lowest BCUT2D eigenvalue weighted by molar-refractivity contribution is 0.601. The molecule has 0 radical (unpaired) electrons. The van der Waals surface area contributed by atoms with Crippen molar-refractivity contribution in [1.29, 1.82) is 0 Å². The molecule has 84 valence electrons. The number of H-pyrrole nitrogens is 1. The highest BCUT2D eigenvalue weighted by molar-refractivity contribution is 7.92. The Kier molecular flexibility index (Phi) is 2.49. The van der Waals surface area contributed by atoms with E-state index in [9.17, 15) is 8.42 Å². The molecular formula is C8H9N5O2S. The number of nitrogens with one attached hydrogen (secondary N) is 2. The standard InChI is InChI=1S/C8H9N5O2S/c9-7-2-1-3-10-8(7)13-16(14,15)6-4-11-12-5-6/h1-5H,9H2,(H,10,13)(H,11,12). The van der Waals surface area contributed by atoms with Gasteiger partial charge in [0.1, 0.15) is 4.90 Å². The maximum atomic E-state index is 11.7. The van der Waals surface area contributed by atoms with Crippen molar-refractivity contribution in [3.8, 4) is 0 Å². The third-order valence-corrected chi connectivity index (χ3v) is 3.16. The van der Waals surface area contributed by atoms with Crippen LogP contribution in [0.1, 0.15) is 0 Å². The van der Waals surface area contributed by atoms with Crippen molar-refractivity contribution in [1.82, 2.24) is 15.2 Å². The number of anilines is 2. The second kappa shape index (κ2) is 3.81. The number of nitrogens with zero attached hydrogens (tertiary/aromatic N) is 2. The minimum absolute atomic E-state index is 0.0255. The zero-order valence-electron chi connectivity index (χ0n) is 8.08. The van der Waals surface area contributed by atoms with Gasteiger partial charge in [-0.15, -0.1) is 0 Å². The molecule has 0 aromatic carbocycles. The first kappa shape index (κ1) is 10.4. The second-order valence-electron chi connectivity index (χ2n) is 2.98. The number of sulfonamides is 1. The fraction of sp³-hybridized carbons (Fsp3) is 0. The van der Waals surface area contributed by atoms with Gasteiger partial charge >= 0.3 is 0 Å². The van der Waals surface area contributed by atoms with Crippen molar-refractivity contribution < 1.29 is 8.42 Å². The van der Waals surface area contributed by atoms with Gasteiger partial charge < -0.3 is 5.73 Å². The highest BCUT2D eigenvalue weighted by Gasteiger charge is 2.16. The third kappa shape index (κ3) is 1.96. The van der Waals surface area contributed by atoms with Gasteiger partial charge in [0.05, 0.1) is 11.9 Å². The molecule has 0 saturated heterocycles. The van der Waals surface area contributed by atoms with E-state index in [1.54, 1.807) is 12.1 Å². The van der Waals surface area contributed by atoms with Gasteiger partial charge in [0.2, 0.25) is 0 Å². The van der Waals surface area contributed by atoms with Crippen molar-refractivity contribution in [2.45, 2.75) is 4.90 Å². The Balaban J connectivity index is 2.33. The highest BCUT2D eigenvalue weighted by Crippen LogP contribution is 2.17. The SMILES string of the molecule is Nc1cccnc1NS(=O)(=O)c1cn[nH]c1. The summed E-state index contributed by atoms with van der Waals surface area (Å²) in [5, 5.41) is 5.97. The zero-order chi connectivity index (χ0) is 11.6. The van der Waals surface area contributed by atoms with Crippen molar-refractivity contribution >= 4 is 21.5 Å². The normalized spacial score (nSPS) is 11.2. The second-order valence-corrected chi connectivity index (χ2v) is 4.66. The molecule has 0 fully saturated rings. The number of nitrogen functional groups attached to an aromatic ring is 1. The molecule has 0 saturated carbocycles. The van der Waals surface area contributed by atoms with E-state index in [1.807, 2.05) is 0 Å². The number of nitrogens with two attached hydrogens (primary N) is 1. The van der Waals surface area contributed by atoms with E-state index in [4.69, 9.17) is 5.73 Å². The van der Waals surface area contributed by atoms with Gasteiger partial charge in [-0.3, -0.25) is 9.82 Å². The van der Waals surface area contributed by atoms with Crippen molar-refractivity contribution in [2.75, 3.05) is 10.5 Å². The van der Waals surface area contributed by atoms with Gasteiger partial charge in [-0.2, -0.15) is 5.10 Å². The summed E-state index contributed by atoms with van der Waals surface area (Å²) in [4.78, 5) is 3.85. The van der Waals surface area contributed by atoms with Crippen LogP contribution >= 0.6 is 0 Å². The summed E-state index contributed by atoms with van der Waals surface area (Å²) in [6, 6.07) is 3.17. The van der Waals surface area contributed by atoms with Crippen LogP contribution in [0.2, 0.25) is 0 Å². The van der Waals surface area contributed by atoms with Crippen LogP contribution in [0.3, 0.4) is 0 Å². The van der Waals surface area contributed by atoms with Crippen molar-refractivity contribution in [2.24, 2.45) is 0 Å². The summed E-state index contributed by atoms with van der Waals surface area (Å²) in [6.07, 6.45) is 3.91. The van der Waals surface area contributed by atoms with Crippen LogP contribution in [0.25, 0.3) is 0 Å². The van der Waals surface area contributed by atoms with Crippen LogP contribution in [0.4, 0.5) is 11.5 Å². The Bertz CT molecular complexity index is 578. The number of pyridine rings is 1. The summed E-state index contributed by atoms with van der Waals surface area (Å²) in [5.74, 6) is 0.101. The summed E-state index contributed by atoms with van der Waals surface area (Å²) in [6.45, 7) is 0. The van der Waals surface area contributed by atoms with Crippen molar-refractivity contribution in [3.63, 3.8) is 0 Å². The van der Waals surface area contributed by atoms with E-state index in [2.05, 4.69) is 19.9 Å². The van der Waals surface area contributed by atoms with Gasteiger partial charge in [0, 0.05) is 12.4 Å². The smallest absolute Gasteiger partial charge is 0.266 e. The summed E-state index contributed by atoms with van der Waals surface area (Å²) < 4.78 is 25.8. The predicted molar refractivity (Wildman–Crippen MR) is 58.0 cm³/mol. The van der Waals surface area contributed by atoms with E-state index >= 15 is 0 Å². The van der Waals surface area contributed by atoms with E-state index in [0.717, 1.165) is 0 Å². The Labute approximate surface area is 91.8 Å². The van der Waals surface area contributed by atoms with E-state index in [1.165, 1.54) is 18.6 Å². The molecule has 0 bridgehead atoms. The van der Waals surface area contributed by atoms with Gasteiger partial charge in [-0.25, -0.2) is 13.4 Å². The molecule has 8 heteroatoms. The first-order valence-corrected chi connectivity index (χ1v) is 5.80. The largest absolute Gasteiger partial charge is 0.396 e. The van der Waals surface area contributed by atoms with Crippen molar-refractivity contribution in [3.05, 3.63) is 30.7 Å². The van der Waals surface area contributed by atoms with Crippen LogP contribution < -0.4 is 10.5 Å². The average Bonchev–Trinajstić information content (AvgIpc) is 2.75. The molecular weight excluding hydrogens is 230 g/mol. The zero-order valence-corrected chi connectivity index (χ0v) is 8.90. The van der Waals surface area contributed by atoms with Gasteiger partial charge in [-0.1, -0.05) is 0 Å². The minimum Gasteiger partial charge on any atom is -0.396 e. The molecule has 2 aromatic rings. The van der Waals surface area contributed by atoms with Gasteiger partial charge in [0.25, 0.3) is 10.0 Å². The average molecular weight is 239 g/mol. The Morgan fingerprint density at radius 3 is 2.88 bits per heavy atom. The maximum Gasteiger partial charge on any atom is 0.266 e. The molecule has 2 heterocycles. The lowest BCUT2D eigenvalue weighted by Gasteiger charge is -2.06. The van der Waals surface area contributed by atoms with Gasteiger partial charge in [-0.05, 0) is 12.1 Å². The Morgan fingerprint density at radius 2 is 2.25 bits per heavy atom. The van der Waals surface area contributed by atoms with E-state index in [0.29, 0.717) is 0 Å². The topological polar surface area (TPSA) is 114 Å². The molecule has 4 N–H and O–H groups in total. The molecule has 0 atom stereocenters. The van der Waals surface area contributed by atoms with Crippen LogP contribution in [0, 0.1) is 0 Å². The van der Waals surface area contributed by atoms with Gasteiger partial charge in [0.15, 0.2) is 5.82 Å². The summed E-state index contributed by atoms with van der Waals surface area (Å²) in [7, 11) is -3.68. The molecule has 16 heavy (non-hydrogen) atoms. The fourth-order valence-corrected chi connectivity index (χ4v) is 2.02. The fourth-order valence-electron chi connectivity index (χ4n) is 1.08. The third-order valence-electron chi connectivity index (χ3n) is 1.85. The highest BCUT2D eigenvalue weighted by atomic mass is 32.2. The number of rotatable bonds is 3. The Morgan fingerprint density at radius 1 is 1.44 bits per heavy atom. The molecule has 0 amide bonds. The number of hydrogen-bond acceptors (Lipinski definition) is 5.